The average molecular weight is 396 g/mol. The normalized spacial score (nSPS) is 15.6. The summed E-state index contributed by atoms with van der Waals surface area (Å²) in [5, 5.41) is 8.80. The number of aromatic nitrogens is 4. The molecule has 0 spiro atoms. The molecule has 0 radical (unpaired) electrons. The quantitative estimate of drug-likeness (QED) is 0.666. The molecule has 0 N–H and O–H groups in total. The smallest absolute Gasteiger partial charge is 0.410 e. The predicted molar refractivity (Wildman–Crippen MR) is 112 cm³/mol. The number of fused-ring (bicyclic) bond motifs is 1. The van der Waals surface area contributed by atoms with Crippen molar-refractivity contribution in [2.45, 2.75) is 32.8 Å². The van der Waals surface area contributed by atoms with E-state index in [9.17, 15) is 4.79 Å². The van der Waals surface area contributed by atoms with Crippen LogP contribution in [-0.4, -0.2) is 62.2 Å². The van der Waals surface area contributed by atoms with Crippen LogP contribution in [0.2, 0.25) is 0 Å². The Morgan fingerprint density at radius 2 is 1.83 bits per heavy atom. The fourth-order valence-electron chi connectivity index (χ4n) is 3.62. The maximum Gasteiger partial charge on any atom is 0.410 e. The average Bonchev–Trinajstić information content (AvgIpc) is 3.19. The molecule has 1 saturated heterocycles. The van der Waals surface area contributed by atoms with E-state index < -0.39 is 5.60 Å². The molecule has 154 valence electrons. The standard InChI is InChI=1S/C21H28N6O2/c1-21(2,3)29-20(28)26-9-5-8-25(10-11-26)19-13-23-27-15-16(6-7-18(19)27)17-12-22-24(4)14-17/h6-7,12-15H,5,8-11H2,1-4H3. The van der Waals surface area contributed by atoms with E-state index in [4.69, 9.17) is 4.74 Å². The Morgan fingerprint density at radius 1 is 1.00 bits per heavy atom. The van der Waals surface area contributed by atoms with E-state index in [2.05, 4.69) is 27.2 Å². The number of hydrogen-bond donors (Lipinski definition) is 0. The Labute approximate surface area is 170 Å². The van der Waals surface area contributed by atoms with Gasteiger partial charge in [0.1, 0.15) is 5.60 Å². The molecule has 0 aliphatic carbocycles. The van der Waals surface area contributed by atoms with Crippen molar-refractivity contribution < 1.29 is 9.53 Å². The second kappa shape index (κ2) is 7.42. The minimum Gasteiger partial charge on any atom is -0.444 e. The van der Waals surface area contributed by atoms with Gasteiger partial charge in [-0.2, -0.15) is 10.2 Å². The highest BCUT2D eigenvalue weighted by Crippen LogP contribution is 2.26. The maximum absolute atomic E-state index is 12.4. The molecular formula is C21H28N6O2. The van der Waals surface area contributed by atoms with Crippen molar-refractivity contribution in [1.29, 1.82) is 0 Å². The number of nitrogens with zero attached hydrogens (tertiary/aromatic N) is 6. The number of carbonyl (C=O) groups excluding carboxylic acids is 1. The highest BCUT2D eigenvalue weighted by molar-refractivity contribution is 5.75. The highest BCUT2D eigenvalue weighted by Gasteiger charge is 2.25. The van der Waals surface area contributed by atoms with Gasteiger partial charge in [-0.3, -0.25) is 4.68 Å². The molecule has 8 nitrogen and oxygen atoms in total. The molecule has 3 aromatic heterocycles. The maximum atomic E-state index is 12.4. The zero-order valence-corrected chi connectivity index (χ0v) is 17.5. The molecule has 0 unspecified atom stereocenters. The minimum atomic E-state index is -0.475. The van der Waals surface area contributed by atoms with Gasteiger partial charge in [-0.05, 0) is 33.3 Å². The van der Waals surface area contributed by atoms with E-state index in [0.717, 1.165) is 41.8 Å². The van der Waals surface area contributed by atoms with Gasteiger partial charge >= 0.3 is 6.09 Å². The van der Waals surface area contributed by atoms with Crippen LogP contribution in [0.15, 0.2) is 36.9 Å². The molecule has 4 heterocycles. The van der Waals surface area contributed by atoms with E-state index in [-0.39, 0.29) is 6.09 Å². The number of pyridine rings is 1. The van der Waals surface area contributed by atoms with Crippen LogP contribution in [0.5, 0.6) is 0 Å². The lowest BCUT2D eigenvalue weighted by atomic mass is 10.1. The van der Waals surface area contributed by atoms with Crippen LogP contribution < -0.4 is 4.90 Å². The second-order valence-corrected chi connectivity index (χ2v) is 8.49. The second-order valence-electron chi connectivity index (χ2n) is 8.49. The third-order valence-electron chi connectivity index (χ3n) is 5.02. The first-order chi connectivity index (χ1) is 13.8. The van der Waals surface area contributed by atoms with Gasteiger partial charge in [-0.15, -0.1) is 0 Å². The zero-order valence-electron chi connectivity index (χ0n) is 17.5. The highest BCUT2D eigenvalue weighted by atomic mass is 16.6. The van der Waals surface area contributed by atoms with Crippen LogP contribution >= 0.6 is 0 Å². The Hall–Kier alpha value is -3.03. The van der Waals surface area contributed by atoms with Crippen molar-refractivity contribution in [2.24, 2.45) is 7.05 Å². The monoisotopic (exact) mass is 396 g/mol. The number of ether oxygens (including phenoxy) is 1. The fourth-order valence-corrected chi connectivity index (χ4v) is 3.62. The van der Waals surface area contributed by atoms with Crippen molar-refractivity contribution in [3.8, 4) is 11.1 Å². The lowest BCUT2D eigenvalue weighted by Crippen LogP contribution is -2.39. The van der Waals surface area contributed by atoms with Crippen molar-refractivity contribution in [3.63, 3.8) is 0 Å². The largest absolute Gasteiger partial charge is 0.444 e. The lowest BCUT2D eigenvalue weighted by Gasteiger charge is -2.26. The Balaban J connectivity index is 1.50. The van der Waals surface area contributed by atoms with Gasteiger partial charge in [0.15, 0.2) is 0 Å². The molecule has 29 heavy (non-hydrogen) atoms. The zero-order chi connectivity index (χ0) is 20.6. The van der Waals surface area contributed by atoms with Gasteiger partial charge in [0, 0.05) is 56.7 Å². The van der Waals surface area contributed by atoms with Gasteiger partial charge in [-0.1, -0.05) is 6.07 Å². The van der Waals surface area contributed by atoms with Crippen LogP contribution in [0, 0.1) is 0 Å². The molecule has 0 atom stereocenters. The summed E-state index contributed by atoms with van der Waals surface area (Å²) in [6, 6.07) is 4.20. The number of amides is 1. The molecule has 1 amide bonds. The van der Waals surface area contributed by atoms with Crippen LogP contribution in [0.4, 0.5) is 10.5 Å². The van der Waals surface area contributed by atoms with E-state index in [0.29, 0.717) is 13.1 Å². The molecule has 4 rings (SSSR count). The van der Waals surface area contributed by atoms with Crippen LogP contribution in [-0.2, 0) is 11.8 Å². The molecular weight excluding hydrogens is 368 g/mol. The summed E-state index contributed by atoms with van der Waals surface area (Å²) in [5.74, 6) is 0. The summed E-state index contributed by atoms with van der Waals surface area (Å²) in [6.07, 6.45) is 8.44. The number of anilines is 1. The van der Waals surface area contributed by atoms with E-state index in [1.165, 1.54) is 0 Å². The third-order valence-corrected chi connectivity index (χ3v) is 5.02. The minimum absolute atomic E-state index is 0.236. The summed E-state index contributed by atoms with van der Waals surface area (Å²) >= 11 is 0. The Kier molecular flexibility index (Phi) is 4.94. The first-order valence-electron chi connectivity index (χ1n) is 9.99. The Bertz CT molecular complexity index is 1020. The molecule has 1 aliphatic rings. The first-order valence-corrected chi connectivity index (χ1v) is 9.99. The van der Waals surface area contributed by atoms with E-state index >= 15 is 0 Å². The SMILES string of the molecule is Cn1cc(-c2ccc3c(N4CCCN(C(=O)OC(C)(C)C)CC4)cnn3c2)cn1. The molecule has 1 fully saturated rings. The van der Waals surface area contributed by atoms with E-state index in [1.54, 1.807) is 9.58 Å². The summed E-state index contributed by atoms with van der Waals surface area (Å²) in [7, 11) is 1.91. The molecule has 1 aliphatic heterocycles. The molecule has 0 aromatic carbocycles. The number of hydrogen-bond acceptors (Lipinski definition) is 5. The van der Waals surface area contributed by atoms with Gasteiger partial charge in [0.2, 0.25) is 0 Å². The molecule has 0 saturated carbocycles. The Morgan fingerprint density at radius 3 is 2.55 bits per heavy atom. The number of aryl methyl sites for hydroxylation is 1. The number of rotatable bonds is 2. The predicted octanol–water partition coefficient (Wildman–Crippen LogP) is 3.18. The van der Waals surface area contributed by atoms with Gasteiger partial charge in [0.05, 0.1) is 23.6 Å². The fraction of sp³-hybridized carbons (Fsp3) is 0.476. The van der Waals surface area contributed by atoms with Crippen molar-refractivity contribution in [3.05, 3.63) is 36.9 Å². The number of carbonyl (C=O) groups is 1. The summed E-state index contributed by atoms with van der Waals surface area (Å²) in [4.78, 5) is 16.5. The third kappa shape index (κ3) is 4.21. The van der Waals surface area contributed by atoms with Gasteiger partial charge in [0.25, 0.3) is 0 Å². The van der Waals surface area contributed by atoms with Crippen LogP contribution in [0.1, 0.15) is 27.2 Å². The topological polar surface area (TPSA) is 67.9 Å². The molecule has 0 bridgehead atoms. The van der Waals surface area contributed by atoms with E-state index in [1.807, 2.05) is 57.1 Å². The lowest BCUT2D eigenvalue weighted by molar-refractivity contribution is 0.0263. The van der Waals surface area contributed by atoms with Crippen molar-refractivity contribution in [2.75, 3.05) is 31.1 Å². The van der Waals surface area contributed by atoms with Crippen molar-refractivity contribution in [1.82, 2.24) is 24.3 Å². The van der Waals surface area contributed by atoms with Crippen LogP contribution in [0.25, 0.3) is 16.6 Å². The first kappa shape index (κ1) is 19.3. The van der Waals surface area contributed by atoms with Gasteiger partial charge < -0.3 is 14.5 Å². The molecule has 8 heteroatoms. The summed E-state index contributed by atoms with van der Waals surface area (Å²) < 4.78 is 9.24. The van der Waals surface area contributed by atoms with Crippen molar-refractivity contribution >= 4 is 17.3 Å². The molecule has 3 aromatic rings. The summed E-state index contributed by atoms with van der Waals surface area (Å²) in [6.45, 7) is 8.67. The van der Waals surface area contributed by atoms with Crippen LogP contribution in [0.3, 0.4) is 0 Å². The summed E-state index contributed by atoms with van der Waals surface area (Å²) in [5.41, 5.74) is 3.82. The van der Waals surface area contributed by atoms with Gasteiger partial charge in [-0.25, -0.2) is 9.31 Å².